The summed E-state index contributed by atoms with van der Waals surface area (Å²) in [7, 11) is 1.73. The van der Waals surface area contributed by atoms with Crippen molar-refractivity contribution >= 4 is 5.78 Å². The number of rotatable bonds is 7. The zero-order valence-corrected chi connectivity index (χ0v) is 11.2. The van der Waals surface area contributed by atoms with E-state index in [1.54, 1.807) is 7.11 Å². The first-order valence-electron chi connectivity index (χ1n) is 6.85. The molecule has 0 aliphatic heterocycles. The molecule has 0 N–H and O–H groups in total. The second-order valence-electron chi connectivity index (χ2n) is 5.30. The van der Waals surface area contributed by atoms with Gasteiger partial charge in [0.1, 0.15) is 5.78 Å². The van der Waals surface area contributed by atoms with Crippen LogP contribution in [-0.4, -0.2) is 18.5 Å². The van der Waals surface area contributed by atoms with Crippen molar-refractivity contribution in [1.82, 2.24) is 0 Å². The third-order valence-electron chi connectivity index (χ3n) is 3.98. The number of hydrogen-bond acceptors (Lipinski definition) is 2. The predicted molar refractivity (Wildman–Crippen MR) is 72.6 cm³/mol. The molecular formula is C16H22O2. The molecule has 1 aromatic carbocycles. The minimum absolute atomic E-state index is 0.107. The lowest BCUT2D eigenvalue weighted by Crippen LogP contribution is -2.41. The number of Topliss-reactive ketones (excluding diaryl/α,β-unsaturated/α-hetero) is 1. The molecule has 0 atom stereocenters. The van der Waals surface area contributed by atoms with Crippen LogP contribution < -0.4 is 0 Å². The molecule has 2 heteroatoms. The monoisotopic (exact) mass is 246 g/mol. The lowest BCUT2D eigenvalue weighted by atomic mass is 9.76. The molecule has 0 radical (unpaired) electrons. The molecule has 0 unspecified atom stereocenters. The third kappa shape index (κ3) is 3.42. The van der Waals surface area contributed by atoms with Crippen LogP contribution in [0.1, 0.15) is 44.1 Å². The largest absolute Gasteiger partial charge is 0.378 e. The Balaban J connectivity index is 1.69. The molecule has 1 aliphatic rings. The van der Waals surface area contributed by atoms with Crippen LogP contribution in [0.15, 0.2) is 30.3 Å². The smallest absolute Gasteiger partial charge is 0.135 e. The Morgan fingerprint density at radius 3 is 2.56 bits per heavy atom. The Labute approximate surface area is 109 Å². The van der Waals surface area contributed by atoms with Crippen molar-refractivity contribution < 1.29 is 9.53 Å². The molecule has 0 aromatic heterocycles. The Kier molecular flexibility index (Phi) is 4.54. The van der Waals surface area contributed by atoms with Gasteiger partial charge in [-0.1, -0.05) is 30.3 Å². The maximum atomic E-state index is 11.9. The molecule has 0 spiro atoms. The van der Waals surface area contributed by atoms with Crippen molar-refractivity contribution in [2.75, 3.05) is 7.11 Å². The van der Waals surface area contributed by atoms with Gasteiger partial charge in [0.25, 0.3) is 0 Å². The van der Waals surface area contributed by atoms with Gasteiger partial charge in [-0.3, -0.25) is 4.79 Å². The van der Waals surface area contributed by atoms with Crippen LogP contribution in [0.25, 0.3) is 0 Å². The van der Waals surface area contributed by atoms with E-state index in [0.717, 1.165) is 25.7 Å². The topological polar surface area (TPSA) is 26.3 Å². The molecule has 1 aliphatic carbocycles. The maximum absolute atomic E-state index is 11.9. The fourth-order valence-corrected chi connectivity index (χ4v) is 2.61. The summed E-state index contributed by atoms with van der Waals surface area (Å²) in [5.74, 6) is 0.354. The number of aryl methyl sites for hydroxylation is 1. The van der Waals surface area contributed by atoms with Gasteiger partial charge >= 0.3 is 0 Å². The fraction of sp³-hybridized carbons (Fsp3) is 0.562. The Bertz CT molecular complexity index is 374. The molecular weight excluding hydrogens is 224 g/mol. The number of benzene rings is 1. The number of hydrogen-bond donors (Lipinski definition) is 0. The van der Waals surface area contributed by atoms with E-state index >= 15 is 0 Å². The number of carbonyl (C=O) groups is 1. The predicted octanol–water partition coefficient (Wildman–Crippen LogP) is 3.54. The van der Waals surface area contributed by atoms with Crippen LogP contribution in [0.5, 0.6) is 0 Å². The summed E-state index contributed by atoms with van der Waals surface area (Å²) in [6.45, 7) is 0. The Hall–Kier alpha value is -1.15. The van der Waals surface area contributed by atoms with Crippen molar-refractivity contribution in [3.8, 4) is 0 Å². The standard InChI is InChI=1S/C16H22O2/c1-18-16(11-6-12-16)13-15(17)10-5-9-14-7-3-2-4-8-14/h2-4,7-8H,5-6,9-13H2,1H3. The fourth-order valence-electron chi connectivity index (χ4n) is 2.61. The van der Waals surface area contributed by atoms with Crippen LogP contribution in [0, 0.1) is 0 Å². The van der Waals surface area contributed by atoms with Crippen molar-refractivity contribution in [2.45, 2.75) is 50.5 Å². The number of ketones is 1. The van der Waals surface area contributed by atoms with E-state index < -0.39 is 0 Å². The molecule has 1 fully saturated rings. The number of carbonyl (C=O) groups excluding carboxylic acids is 1. The minimum atomic E-state index is -0.107. The molecule has 2 rings (SSSR count). The first-order valence-corrected chi connectivity index (χ1v) is 6.85. The van der Waals surface area contributed by atoms with Crippen LogP contribution in [0.3, 0.4) is 0 Å². The van der Waals surface area contributed by atoms with Crippen molar-refractivity contribution in [3.05, 3.63) is 35.9 Å². The van der Waals surface area contributed by atoms with Gasteiger partial charge in [0.15, 0.2) is 0 Å². The molecule has 0 bridgehead atoms. The number of ether oxygens (including phenoxy) is 1. The second-order valence-corrected chi connectivity index (χ2v) is 5.30. The lowest BCUT2D eigenvalue weighted by molar-refractivity contribution is -0.132. The van der Waals surface area contributed by atoms with Gasteiger partial charge in [-0.25, -0.2) is 0 Å². The molecule has 0 amide bonds. The molecule has 1 aromatic rings. The summed E-state index contributed by atoms with van der Waals surface area (Å²) in [5.41, 5.74) is 1.21. The highest BCUT2D eigenvalue weighted by atomic mass is 16.5. The van der Waals surface area contributed by atoms with E-state index in [2.05, 4.69) is 12.1 Å². The van der Waals surface area contributed by atoms with Crippen LogP contribution in [0.2, 0.25) is 0 Å². The van der Waals surface area contributed by atoms with Gasteiger partial charge in [-0.2, -0.15) is 0 Å². The number of methoxy groups -OCH3 is 1. The molecule has 98 valence electrons. The zero-order chi connectivity index (χ0) is 12.8. The van der Waals surface area contributed by atoms with Gasteiger partial charge in [-0.15, -0.1) is 0 Å². The summed E-state index contributed by atoms with van der Waals surface area (Å²) < 4.78 is 5.49. The van der Waals surface area contributed by atoms with Crippen LogP contribution in [-0.2, 0) is 16.0 Å². The molecule has 2 nitrogen and oxygen atoms in total. The zero-order valence-electron chi connectivity index (χ0n) is 11.2. The SMILES string of the molecule is COC1(CC(=O)CCCc2ccccc2)CCC1. The molecule has 0 heterocycles. The quantitative estimate of drug-likeness (QED) is 0.735. The average Bonchev–Trinajstić information content (AvgIpc) is 2.35. The van der Waals surface area contributed by atoms with E-state index in [4.69, 9.17) is 4.74 Å². The van der Waals surface area contributed by atoms with Gasteiger partial charge in [0.2, 0.25) is 0 Å². The van der Waals surface area contributed by atoms with Crippen LogP contribution >= 0.6 is 0 Å². The Morgan fingerprint density at radius 1 is 1.28 bits per heavy atom. The van der Waals surface area contributed by atoms with E-state index in [1.807, 2.05) is 18.2 Å². The van der Waals surface area contributed by atoms with E-state index in [9.17, 15) is 4.79 Å². The van der Waals surface area contributed by atoms with Gasteiger partial charge in [0, 0.05) is 20.0 Å². The first-order chi connectivity index (χ1) is 8.74. The molecule has 0 saturated heterocycles. The first kappa shape index (κ1) is 13.3. The highest BCUT2D eigenvalue weighted by Gasteiger charge is 2.38. The summed E-state index contributed by atoms with van der Waals surface area (Å²) in [5, 5.41) is 0. The minimum Gasteiger partial charge on any atom is -0.378 e. The summed E-state index contributed by atoms with van der Waals surface area (Å²) in [6.07, 6.45) is 6.53. The maximum Gasteiger partial charge on any atom is 0.135 e. The van der Waals surface area contributed by atoms with E-state index in [-0.39, 0.29) is 5.60 Å². The van der Waals surface area contributed by atoms with Crippen molar-refractivity contribution in [3.63, 3.8) is 0 Å². The van der Waals surface area contributed by atoms with E-state index in [0.29, 0.717) is 18.6 Å². The van der Waals surface area contributed by atoms with Gasteiger partial charge in [0.05, 0.1) is 5.60 Å². The highest BCUT2D eigenvalue weighted by molar-refractivity contribution is 5.79. The Morgan fingerprint density at radius 2 is 2.00 bits per heavy atom. The normalized spacial score (nSPS) is 17.2. The van der Waals surface area contributed by atoms with E-state index in [1.165, 1.54) is 12.0 Å². The highest BCUT2D eigenvalue weighted by Crippen LogP contribution is 2.38. The molecule has 18 heavy (non-hydrogen) atoms. The van der Waals surface area contributed by atoms with Gasteiger partial charge in [-0.05, 0) is 37.7 Å². The second kappa shape index (κ2) is 6.14. The van der Waals surface area contributed by atoms with Gasteiger partial charge < -0.3 is 4.74 Å². The van der Waals surface area contributed by atoms with Crippen LogP contribution in [0.4, 0.5) is 0 Å². The summed E-state index contributed by atoms with van der Waals surface area (Å²) >= 11 is 0. The van der Waals surface area contributed by atoms with Crippen molar-refractivity contribution in [2.24, 2.45) is 0 Å². The lowest BCUT2D eigenvalue weighted by Gasteiger charge is -2.40. The molecule has 1 saturated carbocycles. The summed E-state index contributed by atoms with van der Waals surface area (Å²) in [4.78, 5) is 11.9. The average molecular weight is 246 g/mol. The third-order valence-corrected chi connectivity index (χ3v) is 3.98. The summed E-state index contributed by atoms with van der Waals surface area (Å²) in [6, 6.07) is 10.4. The van der Waals surface area contributed by atoms with Crippen molar-refractivity contribution in [1.29, 1.82) is 0 Å².